The predicted molar refractivity (Wildman–Crippen MR) is 264 cm³/mol. The number of aromatic nitrogens is 2. The zero-order valence-corrected chi connectivity index (χ0v) is 40.1. The monoisotopic (exact) mass is 930 g/mol. The third kappa shape index (κ3) is 13.5. The summed E-state index contributed by atoms with van der Waals surface area (Å²) in [6.07, 6.45) is 9.96. The van der Waals surface area contributed by atoms with Gasteiger partial charge in [0.15, 0.2) is 0 Å². The minimum absolute atomic E-state index is 0.127. The van der Waals surface area contributed by atoms with Crippen LogP contribution in [-0.4, -0.2) is 91.8 Å². The van der Waals surface area contributed by atoms with Crippen molar-refractivity contribution in [3.05, 3.63) is 119 Å². The Balaban J connectivity index is 0.759. The highest BCUT2D eigenvalue weighted by Gasteiger charge is 2.28. The van der Waals surface area contributed by atoms with Crippen molar-refractivity contribution in [1.29, 1.82) is 0 Å². The van der Waals surface area contributed by atoms with Crippen LogP contribution in [0.2, 0.25) is 0 Å². The van der Waals surface area contributed by atoms with E-state index in [0.29, 0.717) is 42.1 Å². The minimum Gasteiger partial charge on any atom is -0.369 e. The number of sulfonamides is 1. The number of aryl methyl sites for hydroxylation is 4. The number of fused-ring (bicyclic) bond motifs is 1. The molecule has 67 heavy (non-hydrogen) atoms. The van der Waals surface area contributed by atoms with Gasteiger partial charge in [0.2, 0.25) is 17.7 Å². The number of anilines is 2. The van der Waals surface area contributed by atoms with E-state index < -0.39 is 22.0 Å². The molecular formula is C52H66N8O6S. The van der Waals surface area contributed by atoms with E-state index in [9.17, 15) is 27.6 Å². The number of benzene rings is 4. The molecule has 7 rings (SSSR count). The fraction of sp³-hybridized carbons (Fsp3) is 0.442. The van der Waals surface area contributed by atoms with Crippen LogP contribution in [0.3, 0.4) is 0 Å². The fourth-order valence-corrected chi connectivity index (χ4v) is 10.9. The van der Waals surface area contributed by atoms with Gasteiger partial charge in [-0.25, -0.2) is 13.4 Å². The molecule has 0 bridgehead atoms. The molecule has 2 aliphatic heterocycles. The summed E-state index contributed by atoms with van der Waals surface area (Å²) in [5.41, 5.74) is 7.40. The van der Waals surface area contributed by atoms with Crippen LogP contribution in [0, 0.1) is 20.8 Å². The molecule has 2 saturated heterocycles. The average molecular weight is 931 g/mol. The van der Waals surface area contributed by atoms with Crippen LogP contribution in [-0.2, 0) is 37.4 Å². The van der Waals surface area contributed by atoms with Gasteiger partial charge in [0.05, 0.1) is 21.6 Å². The standard InChI is InChI=1S/C52H66N8O6S/c1-37-33-38(2)50(39(3)34-37)67(65,66)57-42-21-25-46-45(35-42)54-47(60(46)36-40-15-9-7-10-16-40)17-11-5-4-6-13-27-53-48(61)18-12-8-14-28-58-29-31-59(32-30-58)43-22-19-41(20-23-43)51(63)55-44-24-26-49(62)56-52(44)64/h7,9-10,15-16,19-23,25,33-35,44,57H,4-6,8,11-14,17-18,24,26-32,36H2,1-3H3,(H,53,61)(H,55,63)(H,56,62,64). The van der Waals surface area contributed by atoms with Gasteiger partial charge in [-0.3, -0.25) is 34.1 Å². The number of hydrogen-bond donors (Lipinski definition) is 4. The van der Waals surface area contributed by atoms with E-state index in [1.807, 2.05) is 81.4 Å². The first-order valence-corrected chi connectivity index (χ1v) is 25.4. The van der Waals surface area contributed by atoms with Crippen LogP contribution in [0.25, 0.3) is 11.0 Å². The number of piperazine rings is 1. The molecule has 356 valence electrons. The molecule has 3 heterocycles. The van der Waals surface area contributed by atoms with Gasteiger partial charge in [-0.15, -0.1) is 0 Å². The summed E-state index contributed by atoms with van der Waals surface area (Å²) >= 11 is 0. The Kier molecular flexibility index (Phi) is 16.8. The maximum absolute atomic E-state index is 13.5. The summed E-state index contributed by atoms with van der Waals surface area (Å²) in [7, 11) is -3.80. The van der Waals surface area contributed by atoms with E-state index in [0.717, 1.165) is 130 Å². The normalized spacial score (nSPS) is 15.7. The minimum atomic E-state index is -3.80. The number of rotatable bonds is 22. The van der Waals surface area contributed by atoms with Crippen molar-refractivity contribution < 1.29 is 27.6 Å². The molecule has 1 aromatic heterocycles. The first-order valence-electron chi connectivity index (χ1n) is 24.0. The van der Waals surface area contributed by atoms with Crippen molar-refractivity contribution in [3.63, 3.8) is 0 Å². The van der Waals surface area contributed by atoms with Crippen LogP contribution in [0.5, 0.6) is 0 Å². The van der Waals surface area contributed by atoms with E-state index in [2.05, 4.69) is 47.2 Å². The number of imidazole rings is 1. The van der Waals surface area contributed by atoms with Crippen LogP contribution < -0.4 is 25.6 Å². The van der Waals surface area contributed by atoms with Gasteiger partial charge >= 0.3 is 0 Å². The van der Waals surface area contributed by atoms with E-state index in [4.69, 9.17) is 4.98 Å². The van der Waals surface area contributed by atoms with Crippen LogP contribution in [0.15, 0.2) is 89.8 Å². The molecule has 0 spiro atoms. The van der Waals surface area contributed by atoms with Crippen molar-refractivity contribution in [2.75, 3.05) is 48.9 Å². The summed E-state index contributed by atoms with van der Waals surface area (Å²) in [6.45, 7) is 11.7. The van der Waals surface area contributed by atoms with Crippen molar-refractivity contribution in [3.8, 4) is 0 Å². The Morgan fingerprint density at radius 3 is 2.22 bits per heavy atom. The smallest absolute Gasteiger partial charge is 0.262 e. The van der Waals surface area contributed by atoms with Gasteiger partial charge in [-0.05, 0) is 119 Å². The molecule has 2 aliphatic rings. The Labute approximate surface area is 395 Å². The SMILES string of the molecule is Cc1cc(C)c(S(=O)(=O)Nc2ccc3c(c2)nc(CCCCCCCNC(=O)CCCCCN2CCN(c4ccc(C(=O)NC5CCC(=O)NC5=O)cc4)CC2)n3Cc2ccccc2)c(C)c1. The lowest BCUT2D eigenvalue weighted by Gasteiger charge is -2.36. The van der Waals surface area contributed by atoms with Crippen LogP contribution >= 0.6 is 0 Å². The molecular weight excluding hydrogens is 865 g/mol. The summed E-state index contributed by atoms with van der Waals surface area (Å²) in [6, 6.07) is 26.5. The number of carbonyl (C=O) groups is 4. The Morgan fingerprint density at radius 2 is 1.49 bits per heavy atom. The summed E-state index contributed by atoms with van der Waals surface area (Å²) in [5.74, 6) is 0.0121. The topological polar surface area (TPSA) is 175 Å². The highest BCUT2D eigenvalue weighted by molar-refractivity contribution is 7.92. The summed E-state index contributed by atoms with van der Waals surface area (Å²) in [5, 5.41) is 8.11. The van der Waals surface area contributed by atoms with E-state index in [-0.39, 0.29) is 24.1 Å². The average Bonchev–Trinajstić information content (AvgIpc) is 3.63. The van der Waals surface area contributed by atoms with E-state index in [1.54, 1.807) is 12.1 Å². The fourth-order valence-electron chi connectivity index (χ4n) is 9.35. The number of amides is 4. The van der Waals surface area contributed by atoms with Gasteiger partial charge in [-0.1, -0.05) is 73.7 Å². The highest BCUT2D eigenvalue weighted by Crippen LogP contribution is 2.28. The number of hydrogen-bond acceptors (Lipinski definition) is 9. The maximum Gasteiger partial charge on any atom is 0.262 e. The molecule has 0 radical (unpaired) electrons. The second kappa shape index (κ2) is 23.1. The maximum atomic E-state index is 13.5. The molecule has 0 aliphatic carbocycles. The Bertz CT molecular complexity index is 2600. The molecule has 4 aromatic carbocycles. The van der Waals surface area contributed by atoms with Gasteiger partial charge in [0.1, 0.15) is 11.9 Å². The van der Waals surface area contributed by atoms with Crippen molar-refractivity contribution in [1.82, 2.24) is 30.4 Å². The number of nitrogens with one attached hydrogen (secondary N) is 4. The van der Waals surface area contributed by atoms with Gasteiger partial charge < -0.3 is 20.1 Å². The zero-order valence-electron chi connectivity index (χ0n) is 39.2. The number of nitrogens with zero attached hydrogens (tertiary/aromatic N) is 4. The lowest BCUT2D eigenvalue weighted by Crippen LogP contribution is -2.52. The molecule has 2 fully saturated rings. The van der Waals surface area contributed by atoms with Crippen LogP contribution in [0.4, 0.5) is 11.4 Å². The summed E-state index contributed by atoms with van der Waals surface area (Å²) in [4.78, 5) is 58.8. The predicted octanol–water partition coefficient (Wildman–Crippen LogP) is 7.34. The van der Waals surface area contributed by atoms with Crippen molar-refractivity contribution in [2.24, 2.45) is 0 Å². The third-order valence-electron chi connectivity index (χ3n) is 12.8. The molecule has 14 nitrogen and oxygen atoms in total. The number of imide groups is 1. The lowest BCUT2D eigenvalue weighted by atomic mass is 10.1. The molecule has 1 unspecified atom stereocenters. The van der Waals surface area contributed by atoms with Gasteiger partial charge in [0, 0.05) is 69.8 Å². The lowest BCUT2D eigenvalue weighted by molar-refractivity contribution is -0.134. The van der Waals surface area contributed by atoms with Crippen LogP contribution in [0.1, 0.15) is 109 Å². The molecule has 4 N–H and O–H groups in total. The molecule has 5 aromatic rings. The summed E-state index contributed by atoms with van der Waals surface area (Å²) < 4.78 is 32.1. The van der Waals surface area contributed by atoms with Crippen molar-refractivity contribution >= 4 is 56.1 Å². The molecule has 1 atom stereocenters. The molecule has 0 saturated carbocycles. The Morgan fingerprint density at radius 1 is 0.791 bits per heavy atom. The second-order valence-corrected chi connectivity index (χ2v) is 19.8. The third-order valence-corrected chi connectivity index (χ3v) is 14.5. The van der Waals surface area contributed by atoms with Gasteiger partial charge in [-0.2, -0.15) is 0 Å². The highest BCUT2D eigenvalue weighted by atomic mass is 32.2. The van der Waals surface area contributed by atoms with E-state index >= 15 is 0 Å². The first-order chi connectivity index (χ1) is 32.3. The molecule has 4 amide bonds. The number of piperidine rings is 1. The Hall–Kier alpha value is -6.06. The zero-order chi connectivity index (χ0) is 47.3. The second-order valence-electron chi connectivity index (χ2n) is 18.2. The number of carbonyl (C=O) groups excluding carboxylic acids is 4. The largest absolute Gasteiger partial charge is 0.369 e. The number of unbranched alkanes of at least 4 members (excludes halogenated alkanes) is 6. The van der Waals surface area contributed by atoms with Gasteiger partial charge in [0.25, 0.3) is 15.9 Å². The molecule has 15 heteroatoms. The quantitative estimate of drug-likeness (QED) is 0.0409. The van der Waals surface area contributed by atoms with E-state index in [1.165, 1.54) is 5.56 Å². The first kappa shape index (κ1) is 48.9. The van der Waals surface area contributed by atoms with Crippen molar-refractivity contribution in [2.45, 2.75) is 115 Å².